The van der Waals surface area contributed by atoms with Gasteiger partial charge in [-0.15, -0.1) is 0 Å². The molecule has 0 spiro atoms. The third kappa shape index (κ3) is 3.95. The second-order valence-electron chi connectivity index (χ2n) is 4.78. The van der Waals surface area contributed by atoms with Crippen LogP contribution in [0.15, 0.2) is 42.5 Å². The average molecular weight is 300 g/mol. The average Bonchev–Trinajstić information content (AvgIpc) is 2.49. The van der Waals surface area contributed by atoms with Crippen molar-refractivity contribution in [3.63, 3.8) is 0 Å². The number of hydrogen-bond acceptors (Lipinski definition) is 2. The van der Waals surface area contributed by atoms with Crippen LogP contribution in [0.5, 0.6) is 5.75 Å². The second kappa shape index (κ2) is 7.09. The Bertz CT molecular complexity index is 601. The minimum Gasteiger partial charge on any atom is -0.508 e. The summed E-state index contributed by atoms with van der Waals surface area (Å²) in [5.41, 5.74) is 4.45. The monoisotopic (exact) mass is 300 g/mol. The number of aromatic hydroxyl groups is 1. The van der Waals surface area contributed by atoms with E-state index in [0.717, 1.165) is 24.2 Å². The van der Waals surface area contributed by atoms with Gasteiger partial charge in [0.05, 0.1) is 0 Å². The van der Waals surface area contributed by atoms with Crippen LogP contribution < -0.4 is 10.6 Å². The van der Waals surface area contributed by atoms with Crippen LogP contribution in [0, 0.1) is 0 Å². The van der Waals surface area contributed by atoms with Gasteiger partial charge < -0.3 is 15.7 Å². The predicted molar refractivity (Wildman–Crippen MR) is 93.1 cm³/mol. The summed E-state index contributed by atoms with van der Waals surface area (Å²) in [5, 5.41) is 16.3. The Balaban J connectivity index is 2.14. The molecule has 0 aliphatic rings. The molecule has 2 aromatic rings. The summed E-state index contributed by atoms with van der Waals surface area (Å²) in [7, 11) is 0. The summed E-state index contributed by atoms with van der Waals surface area (Å²) in [6.45, 7) is 4.27. The first-order valence-electron chi connectivity index (χ1n) is 7.11. The summed E-state index contributed by atoms with van der Waals surface area (Å²) < 4.78 is 0. The Kier molecular flexibility index (Phi) is 5.17. The lowest BCUT2D eigenvalue weighted by Gasteiger charge is -2.17. The molecule has 0 aliphatic carbocycles. The van der Waals surface area contributed by atoms with Crippen molar-refractivity contribution in [2.75, 3.05) is 10.6 Å². The molecule has 0 radical (unpaired) electrons. The molecule has 2 aromatic carbocycles. The molecule has 0 fully saturated rings. The maximum Gasteiger partial charge on any atom is 0.175 e. The number of nitrogens with one attached hydrogen (secondary N) is 2. The van der Waals surface area contributed by atoms with Gasteiger partial charge in [0.1, 0.15) is 5.75 Å². The van der Waals surface area contributed by atoms with Crippen molar-refractivity contribution < 1.29 is 5.11 Å². The van der Waals surface area contributed by atoms with Gasteiger partial charge in [0.2, 0.25) is 0 Å². The van der Waals surface area contributed by atoms with Gasteiger partial charge in [-0.3, -0.25) is 0 Å². The van der Waals surface area contributed by atoms with Crippen LogP contribution >= 0.6 is 12.2 Å². The predicted octanol–water partition coefficient (Wildman–Crippen LogP) is 4.33. The minimum atomic E-state index is 0.240. The zero-order valence-electron chi connectivity index (χ0n) is 12.3. The van der Waals surface area contributed by atoms with E-state index < -0.39 is 0 Å². The number of aryl methyl sites for hydroxylation is 2. The lowest BCUT2D eigenvalue weighted by Crippen LogP contribution is -2.20. The van der Waals surface area contributed by atoms with Gasteiger partial charge in [0.25, 0.3) is 0 Å². The van der Waals surface area contributed by atoms with Crippen LogP contribution in [0.3, 0.4) is 0 Å². The van der Waals surface area contributed by atoms with E-state index in [1.165, 1.54) is 11.1 Å². The molecule has 3 N–H and O–H groups in total. The van der Waals surface area contributed by atoms with E-state index in [1.54, 1.807) is 24.3 Å². The van der Waals surface area contributed by atoms with Gasteiger partial charge in [-0.2, -0.15) is 0 Å². The Hall–Kier alpha value is -2.07. The van der Waals surface area contributed by atoms with E-state index in [2.05, 4.69) is 42.7 Å². The van der Waals surface area contributed by atoms with Crippen molar-refractivity contribution in [3.05, 3.63) is 53.6 Å². The number of para-hydroxylation sites is 1. The molecule has 0 atom stereocenters. The molecule has 0 aliphatic heterocycles. The van der Waals surface area contributed by atoms with Gasteiger partial charge in [-0.05, 0) is 60.5 Å². The number of phenols is 1. The molecule has 0 saturated carbocycles. The van der Waals surface area contributed by atoms with Crippen LogP contribution in [0.4, 0.5) is 11.4 Å². The van der Waals surface area contributed by atoms with Gasteiger partial charge in [-0.25, -0.2) is 0 Å². The number of phenolic OH excluding ortho intramolecular Hbond substituents is 1. The van der Waals surface area contributed by atoms with E-state index in [-0.39, 0.29) is 5.75 Å². The molecule has 3 nitrogen and oxygen atoms in total. The lowest BCUT2D eigenvalue weighted by molar-refractivity contribution is 0.475. The van der Waals surface area contributed by atoms with Gasteiger partial charge in [0, 0.05) is 11.4 Å². The molecule has 110 valence electrons. The highest BCUT2D eigenvalue weighted by Crippen LogP contribution is 2.23. The van der Waals surface area contributed by atoms with Gasteiger partial charge in [-0.1, -0.05) is 32.0 Å². The topological polar surface area (TPSA) is 44.3 Å². The zero-order chi connectivity index (χ0) is 15.2. The fourth-order valence-electron chi connectivity index (χ4n) is 2.22. The van der Waals surface area contributed by atoms with Crippen LogP contribution in [-0.2, 0) is 12.8 Å². The fraction of sp³-hybridized carbons (Fsp3) is 0.235. The first-order valence-corrected chi connectivity index (χ1v) is 7.52. The Morgan fingerprint density at radius 2 is 1.52 bits per heavy atom. The molecular formula is C17H20N2OS. The van der Waals surface area contributed by atoms with E-state index in [0.29, 0.717) is 5.11 Å². The lowest BCUT2D eigenvalue weighted by atomic mass is 10.0. The van der Waals surface area contributed by atoms with E-state index in [1.807, 2.05) is 0 Å². The van der Waals surface area contributed by atoms with Crippen molar-refractivity contribution >= 4 is 28.7 Å². The molecule has 21 heavy (non-hydrogen) atoms. The van der Waals surface area contributed by atoms with E-state index in [9.17, 15) is 5.11 Å². The van der Waals surface area contributed by atoms with Gasteiger partial charge >= 0.3 is 0 Å². The highest BCUT2D eigenvalue weighted by Gasteiger charge is 2.08. The summed E-state index contributed by atoms with van der Waals surface area (Å²) in [6.07, 6.45) is 1.91. The highest BCUT2D eigenvalue weighted by molar-refractivity contribution is 7.80. The zero-order valence-corrected chi connectivity index (χ0v) is 13.1. The maximum atomic E-state index is 9.29. The highest BCUT2D eigenvalue weighted by atomic mass is 32.1. The van der Waals surface area contributed by atoms with Gasteiger partial charge in [0.15, 0.2) is 5.11 Å². The first-order chi connectivity index (χ1) is 10.1. The van der Waals surface area contributed by atoms with Crippen LogP contribution in [0.2, 0.25) is 0 Å². The summed E-state index contributed by atoms with van der Waals surface area (Å²) in [6, 6.07) is 13.1. The SMILES string of the molecule is CCc1cccc(CC)c1NC(=S)Nc1ccc(O)cc1. The number of benzene rings is 2. The van der Waals surface area contributed by atoms with Crippen molar-refractivity contribution in [2.45, 2.75) is 26.7 Å². The van der Waals surface area contributed by atoms with Crippen LogP contribution in [-0.4, -0.2) is 10.2 Å². The molecule has 0 aromatic heterocycles. The Morgan fingerprint density at radius 3 is 2.05 bits per heavy atom. The normalized spacial score (nSPS) is 10.2. The number of thiocarbonyl (C=S) groups is 1. The molecule has 2 rings (SSSR count). The second-order valence-corrected chi connectivity index (χ2v) is 5.19. The third-order valence-electron chi connectivity index (χ3n) is 3.36. The van der Waals surface area contributed by atoms with E-state index in [4.69, 9.17) is 12.2 Å². The maximum absolute atomic E-state index is 9.29. The fourth-order valence-corrected chi connectivity index (χ4v) is 2.44. The molecule has 0 amide bonds. The van der Waals surface area contributed by atoms with Crippen LogP contribution in [0.1, 0.15) is 25.0 Å². The number of rotatable bonds is 4. The first kappa shape index (κ1) is 15.3. The molecule has 0 saturated heterocycles. The van der Waals surface area contributed by atoms with Crippen molar-refractivity contribution in [1.82, 2.24) is 0 Å². The Morgan fingerprint density at radius 1 is 0.952 bits per heavy atom. The quantitative estimate of drug-likeness (QED) is 0.581. The number of hydrogen-bond donors (Lipinski definition) is 3. The molecular weight excluding hydrogens is 280 g/mol. The minimum absolute atomic E-state index is 0.240. The number of anilines is 2. The van der Waals surface area contributed by atoms with Crippen LogP contribution in [0.25, 0.3) is 0 Å². The smallest absolute Gasteiger partial charge is 0.175 e. The van der Waals surface area contributed by atoms with Crippen molar-refractivity contribution in [3.8, 4) is 5.75 Å². The molecule has 0 heterocycles. The summed E-state index contributed by atoms with van der Waals surface area (Å²) >= 11 is 5.38. The summed E-state index contributed by atoms with van der Waals surface area (Å²) in [5.74, 6) is 0.240. The molecule has 4 heteroatoms. The summed E-state index contributed by atoms with van der Waals surface area (Å²) in [4.78, 5) is 0. The Labute approximate surface area is 131 Å². The largest absolute Gasteiger partial charge is 0.508 e. The molecule has 0 unspecified atom stereocenters. The van der Waals surface area contributed by atoms with Crippen molar-refractivity contribution in [1.29, 1.82) is 0 Å². The van der Waals surface area contributed by atoms with Crippen molar-refractivity contribution in [2.24, 2.45) is 0 Å². The standard InChI is InChI=1S/C17H20N2OS/c1-3-12-6-5-7-13(4-2)16(12)19-17(21)18-14-8-10-15(20)11-9-14/h5-11,20H,3-4H2,1-2H3,(H2,18,19,21). The molecule has 0 bridgehead atoms. The third-order valence-corrected chi connectivity index (χ3v) is 3.57. The van der Waals surface area contributed by atoms with E-state index >= 15 is 0 Å².